The van der Waals surface area contributed by atoms with E-state index in [-0.39, 0.29) is 18.0 Å². The molecule has 0 aliphatic carbocycles. The Labute approximate surface area is 217 Å². The molecule has 8 nitrogen and oxygen atoms in total. The van der Waals surface area contributed by atoms with Crippen LogP contribution in [0.15, 0.2) is 83.9 Å². The lowest BCUT2D eigenvalue weighted by molar-refractivity contribution is -0.116. The van der Waals surface area contributed by atoms with Crippen molar-refractivity contribution in [3.05, 3.63) is 90.1 Å². The number of nitrogens with zero attached hydrogens (tertiary/aromatic N) is 3. The number of aromatic nitrogens is 2. The minimum absolute atomic E-state index is 0.0888. The highest BCUT2D eigenvalue weighted by Crippen LogP contribution is 2.26. The second-order valence-corrected chi connectivity index (χ2v) is 10.5. The first-order valence-electron chi connectivity index (χ1n) is 11.9. The summed E-state index contributed by atoms with van der Waals surface area (Å²) in [5, 5.41) is 2.83. The third-order valence-electron chi connectivity index (χ3n) is 6.17. The zero-order valence-corrected chi connectivity index (χ0v) is 22.1. The number of rotatable bonds is 9. The molecule has 0 bridgehead atoms. The van der Waals surface area contributed by atoms with Crippen LogP contribution in [0.4, 0.5) is 5.95 Å². The quantitative estimate of drug-likeness (QED) is 0.343. The number of aryl methyl sites for hydroxylation is 2. The Morgan fingerprint density at radius 2 is 1.70 bits per heavy atom. The number of imidazole rings is 1. The fraction of sp³-hybridized carbons (Fsp3) is 0.214. The summed E-state index contributed by atoms with van der Waals surface area (Å²) in [6.07, 6.45) is 1.86. The highest BCUT2D eigenvalue weighted by Gasteiger charge is 2.26. The topological polar surface area (TPSA) is 93.5 Å². The number of nitrogens with one attached hydrogen (secondary N) is 1. The van der Waals surface area contributed by atoms with Gasteiger partial charge >= 0.3 is 0 Å². The fourth-order valence-electron chi connectivity index (χ4n) is 3.88. The second kappa shape index (κ2) is 11.0. The highest BCUT2D eigenvalue weighted by molar-refractivity contribution is 7.89. The largest absolute Gasteiger partial charge is 0.497 e. The van der Waals surface area contributed by atoms with Gasteiger partial charge in [-0.1, -0.05) is 43.3 Å². The van der Waals surface area contributed by atoms with E-state index in [1.54, 1.807) is 23.6 Å². The Balaban J connectivity index is 1.62. The first kappa shape index (κ1) is 26.1. The van der Waals surface area contributed by atoms with Crippen molar-refractivity contribution >= 4 is 21.9 Å². The first-order chi connectivity index (χ1) is 17.7. The van der Waals surface area contributed by atoms with Crippen LogP contribution < -0.4 is 10.1 Å². The first-order valence-corrected chi connectivity index (χ1v) is 13.3. The van der Waals surface area contributed by atoms with E-state index in [1.165, 1.54) is 19.2 Å². The number of ether oxygens (including phenoxy) is 1. The van der Waals surface area contributed by atoms with E-state index < -0.39 is 15.9 Å². The van der Waals surface area contributed by atoms with Crippen molar-refractivity contribution in [2.24, 2.45) is 0 Å². The molecule has 0 saturated heterocycles. The van der Waals surface area contributed by atoms with E-state index in [2.05, 4.69) is 10.3 Å². The van der Waals surface area contributed by atoms with Gasteiger partial charge in [0.1, 0.15) is 5.75 Å². The molecule has 1 aromatic heterocycles. The van der Waals surface area contributed by atoms with Gasteiger partial charge in [0, 0.05) is 24.0 Å². The van der Waals surface area contributed by atoms with Crippen LogP contribution in [0, 0.1) is 13.8 Å². The summed E-state index contributed by atoms with van der Waals surface area (Å²) in [6, 6.07) is 21.7. The third kappa shape index (κ3) is 5.73. The van der Waals surface area contributed by atoms with E-state index in [0.29, 0.717) is 17.4 Å². The highest BCUT2D eigenvalue weighted by atomic mass is 32.2. The van der Waals surface area contributed by atoms with Crippen LogP contribution in [0.2, 0.25) is 0 Å². The number of hydrogen-bond acceptors (Lipinski definition) is 5. The van der Waals surface area contributed by atoms with Crippen molar-refractivity contribution in [1.29, 1.82) is 0 Å². The van der Waals surface area contributed by atoms with Gasteiger partial charge in [0.15, 0.2) is 0 Å². The average molecular weight is 519 g/mol. The molecular formula is C28H30N4O4S. The number of amides is 1. The van der Waals surface area contributed by atoms with Crippen LogP contribution >= 0.6 is 0 Å². The molecule has 4 aromatic rings. The Kier molecular flexibility index (Phi) is 7.75. The van der Waals surface area contributed by atoms with Gasteiger partial charge in [-0.05, 0) is 61.4 Å². The molecule has 1 amide bonds. The SMILES string of the molecule is CCN(CC(=O)Nc1nc(-c2ccccc2)cn1-c1ccc(C)c(C)c1)S(=O)(=O)c1ccc(OC)cc1. The molecule has 0 unspecified atom stereocenters. The molecule has 37 heavy (non-hydrogen) atoms. The zero-order valence-electron chi connectivity index (χ0n) is 21.3. The Morgan fingerprint density at radius 1 is 1.00 bits per heavy atom. The molecule has 1 N–H and O–H groups in total. The van der Waals surface area contributed by atoms with Crippen molar-refractivity contribution in [3.63, 3.8) is 0 Å². The van der Waals surface area contributed by atoms with E-state index in [4.69, 9.17) is 4.74 Å². The van der Waals surface area contributed by atoms with Crippen LogP contribution in [0.5, 0.6) is 5.75 Å². The maximum atomic E-state index is 13.2. The van der Waals surface area contributed by atoms with E-state index in [1.807, 2.05) is 68.6 Å². The molecule has 0 aliphatic rings. The van der Waals surface area contributed by atoms with Gasteiger partial charge < -0.3 is 4.74 Å². The molecule has 3 aromatic carbocycles. The molecule has 0 atom stereocenters. The van der Waals surface area contributed by atoms with Gasteiger partial charge in [0.05, 0.1) is 24.2 Å². The molecule has 0 saturated carbocycles. The Bertz CT molecular complexity index is 1500. The molecule has 192 valence electrons. The van der Waals surface area contributed by atoms with Crippen LogP contribution in [0.25, 0.3) is 16.9 Å². The predicted molar refractivity (Wildman–Crippen MR) is 145 cm³/mol. The smallest absolute Gasteiger partial charge is 0.243 e. The number of benzene rings is 3. The fourth-order valence-corrected chi connectivity index (χ4v) is 5.28. The summed E-state index contributed by atoms with van der Waals surface area (Å²) in [5.74, 6) is 0.367. The number of hydrogen-bond donors (Lipinski definition) is 1. The molecule has 0 fully saturated rings. The summed E-state index contributed by atoms with van der Waals surface area (Å²) < 4.78 is 34.4. The van der Waals surface area contributed by atoms with E-state index in [9.17, 15) is 13.2 Å². The zero-order chi connectivity index (χ0) is 26.6. The van der Waals surface area contributed by atoms with Gasteiger partial charge in [0.25, 0.3) is 0 Å². The van der Waals surface area contributed by atoms with Crippen molar-refractivity contribution in [1.82, 2.24) is 13.9 Å². The summed E-state index contributed by atoms with van der Waals surface area (Å²) in [5.41, 5.74) is 4.68. The third-order valence-corrected chi connectivity index (χ3v) is 8.10. The van der Waals surface area contributed by atoms with Gasteiger partial charge in [-0.3, -0.25) is 14.7 Å². The van der Waals surface area contributed by atoms with Crippen LogP contribution in [-0.2, 0) is 14.8 Å². The minimum atomic E-state index is -3.88. The van der Waals surface area contributed by atoms with Gasteiger partial charge in [-0.15, -0.1) is 0 Å². The standard InChI is InChI=1S/C28H30N4O4S/c1-5-31(37(34,35)25-15-13-24(36-4)14-16-25)19-27(33)30-28-29-26(22-9-7-6-8-10-22)18-32(28)23-12-11-20(2)21(3)17-23/h6-18H,5,19H2,1-4H3,(H,29,30,33). The number of carbonyl (C=O) groups is 1. The molecular weight excluding hydrogens is 488 g/mol. The molecule has 0 aliphatic heterocycles. The number of sulfonamides is 1. The molecule has 1 heterocycles. The average Bonchev–Trinajstić information content (AvgIpc) is 3.32. The predicted octanol–water partition coefficient (Wildman–Crippen LogP) is 4.81. The van der Waals surface area contributed by atoms with Crippen molar-refractivity contribution in [2.75, 3.05) is 25.5 Å². The van der Waals surface area contributed by atoms with E-state index >= 15 is 0 Å². The maximum absolute atomic E-state index is 13.2. The van der Waals surface area contributed by atoms with Crippen LogP contribution in [-0.4, -0.2) is 48.4 Å². The number of methoxy groups -OCH3 is 1. The molecule has 0 spiro atoms. The Morgan fingerprint density at radius 3 is 2.32 bits per heavy atom. The lowest BCUT2D eigenvalue weighted by atomic mass is 10.1. The summed E-state index contributed by atoms with van der Waals surface area (Å²) >= 11 is 0. The summed E-state index contributed by atoms with van der Waals surface area (Å²) in [7, 11) is -2.37. The monoisotopic (exact) mass is 518 g/mol. The van der Waals surface area contributed by atoms with Crippen LogP contribution in [0.3, 0.4) is 0 Å². The normalized spacial score (nSPS) is 11.5. The Hall–Kier alpha value is -3.95. The van der Waals surface area contributed by atoms with Crippen molar-refractivity contribution < 1.29 is 17.9 Å². The minimum Gasteiger partial charge on any atom is -0.497 e. The van der Waals surface area contributed by atoms with E-state index in [0.717, 1.165) is 26.7 Å². The van der Waals surface area contributed by atoms with Crippen LogP contribution in [0.1, 0.15) is 18.1 Å². The van der Waals surface area contributed by atoms with Gasteiger partial charge in [0.2, 0.25) is 21.9 Å². The molecule has 0 radical (unpaired) electrons. The maximum Gasteiger partial charge on any atom is 0.243 e. The van der Waals surface area contributed by atoms with Gasteiger partial charge in [-0.2, -0.15) is 4.31 Å². The van der Waals surface area contributed by atoms with Crippen molar-refractivity contribution in [2.45, 2.75) is 25.7 Å². The number of likely N-dealkylation sites (N-methyl/N-ethyl adjacent to an activating group) is 1. The number of carbonyl (C=O) groups excluding carboxylic acids is 1. The van der Waals surface area contributed by atoms with Gasteiger partial charge in [-0.25, -0.2) is 13.4 Å². The molecule has 9 heteroatoms. The summed E-state index contributed by atoms with van der Waals surface area (Å²) in [4.78, 5) is 17.9. The lowest BCUT2D eigenvalue weighted by Gasteiger charge is -2.20. The summed E-state index contributed by atoms with van der Waals surface area (Å²) in [6.45, 7) is 5.52. The molecule has 4 rings (SSSR count). The lowest BCUT2D eigenvalue weighted by Crippen LogP contribution is -2.38. The number of anilines is 1. The van der Waals surface area contributed by atoms with Crippen molar-refractivity contribution in [3.8, 4) is 22.7 Å². The second-order valence-electron chi connectivity index (χ2n) is 8.61.